The Bertz CT molecular complexity index is 1310. The minimum absolute atomic E-state index is 0.0192. The number of para-hydroxylation sites is 2. The van der Waals surface area contributed by atoms with E-state index in [0.29, 0.717) is 22.6 Å². The van der Waals surface area contributed by atoms with Crippen molar-refractivity contribution in [3.8, 4) is 5.69 Å². The van der Waals surface area contributed by atoms with Gasteiger partial charge >= 0.3 is 0 Å². The van der Waals surface area contributed by atoms with Crippen molar-refractivity contribution >= 4 is 28.6 Å². The number of rotatable bonds is 6. The maximum Gasteiger partial charge on any atom is 0.266 e. The van der Waals surface area contributed by atoms with Crippen LogP contribution < -0.4 is 5.56 Å². The Labute approximate surface area is 191 Å². The molecule has 0 spiro atoms. The standard InChI is InChI=1S/C26H25N3O2S/c1-18-10-9-11-19(2)24(18)29-25(31)21-14-7-8-15-22(21)27-26(29)32-17-23(30)28(3)16-20-12-5-4-6-13-20/h4-15H,16-17H2,1-3H3. The van der Waals surface area contributed by atoms with Gasteiger partial charge in [-0.1, -0.05) is 72.4 Å². The van der Waals surface area contributed by atoms with Crippen molar-refractivity contribution < 1.29 is 4.79 Å². The normalized spacial score (nSPS) is 11.0. The third-order valence-corrected chi connectivity index (χ3v) is 6.34. The van der Waals surface area contributed by atoms with Gasteiger partial charge in [0.15, 0.2) is 5.16 Å². The second-order valence-corrected chi connectivity index (χ2v) is 8.76. The highest BCUT2D eigenvalue weighted by molar-refractivity contribution is 7.99. The predicted molar refractivity (Wildman–Crippen MR) is 130 cm³/mol. The van der Waals surface area contributed by atoms with Crippen LogP contribution in [-0.4, -0.2) is 33.2 Å². The largest absolute Gasteiger partial charge is 0.341 e. The van der Waals surface area contributed by atoms with E-state index in [1.807, 2.05) is 80.6 Å². The number of hydrogen-bond donors (Lipinski definition) is 0. The summed E-state index contributed by atoms with van der Waals surface area (Å²) in [6.45, 7) is 4.50. The summed E-state index contributed by atoms with van der Waals surface area (Å²) in [6.07, 6.45) is 0. The monoisotopic (exact) mass is 443 g/mol. The summed E-state index contributed by atoms with van der Waals surface area (Å²) in [7, 11) is 1.79. The third kappa shape index (κ3) is 4.46. The summed E-state index contributed by atoms with van der Waals surface area (Å²) >= 11 is 1.30. The van der Waals surface area contributed by atoms with E-state index in [0.717, 1.165) is 22.4 Å². The molecule has 3 aromatic carbocycles. The number of fused-ring (bicyclic) bond motifs is 1. The molecule has 0 radical (unpaired) electrons. The quantitative estimate of drug-likeness (QED) is 0.319. The lowest BCUT2D eigenvalue weighted by Gasteiger charge is -2.19. The molecule has 0 unspecified atom stereocenters. The molecule has 32 heavy (non-hydrogen) atoms. The fraction of sp³-hybridized carbons (Fsp3) is 0.192. The molecule has 0 aliphatic heterocycles. The Morgan fingerprint density at radius 3 is 2.31 bits per heavy atom. The van der Waals surface area contributed by atoms with Crippen molar-refractivity contribution in [1.29, 1.82) is 0 Å². The first-order valence-electron chi connectivity index (χ1n) is 10.4. The minimum Gasteiger partial charge on any atom is -0.341 e. The molecule has 1 heterocycles. The zero-order chi connectivity index (χ0) is 22.7. The molecule has 0 atom stereocenters. The van der Waals surface area contributed by atoms with Crippen molar-refractivity contribution in [2.75, 3.05) is 12.8 Å². The van der Waals surface area contributed by atoms with Gasteiger partial charge in [-0.3, -0.25) is 14.2 Å². The van der Waals surface area contributed by atoms with Crippen LogP contribution in [0.2, 0.25) is 0 Å². The second-order valence-electron chi connectivity index (χ2n) is 7.82. The molecule has 5 nitrogen and oxygen atoms in total. The third-order valence-electron chi connectivity index (χ3n) is 5.42. The van der Waals surface area contributed by atoms with Crippen LogP contribution in [0.1, 0.15) is 16.7 Å². The van der Waals surface area contributed by atoms with Crippen LogP contribution in [0.3, 0.4) is 0 Å². The summed E-state index contributed by atoms with van der Waals surface area (Å²) in [5, 5.41) is 1.08. The lowest BCUT2D eigenvalue weighted by molar-refractivity contribution is -0.127. The number of carbonyl (C=O) groups is 1. The molecule has 0 aliphatic carbocycles. The van der Waals surface area contributed by atoms with E-state index in [4.69, 9.17) is 4.98 Å². The van der Waals surface area contributed by atoms with Gasteiger partial charge in [-0.25, -0.2) is 4.98 Å². The van der Waals surface area contributed by atoms with E-state index in [1.54, 1.807) is 22.6 Å². The molecule has 0 N–H and O–H groups in total. The van der Waals surface area contributed by atoms with Gasteiger partial charge in [0.05, 0.1) is 22.3 Å². The molecule has 0 bridgehead atoms. The molecule has 0 aliphatic rings. The topological polar surface area (TPSA) is 55.2 Å². The molecule has 1 amide bonds. The highest BCUT2D eigenvalue weighted by atomic mass is 32.2. The van der Waals surface area contributed by atoms with Crippen LogP contribution in [0.5, 0.6) is 0 Å². The van der Waals surface area contributed by atoms with Gasteiger partial charge < -0.3 is 4.90 Å². The highest BCUT2D eigenvalue weighted by Gasteiger charge is 2.18. The average Bonchev–Trinajstić information content (AvgIpc) is 2.79. The fourth-order valence-corrected chi connectivity index (χ4v) is 4.69. The summed E-state index contributed by atoms with van der Waals surface area (Å²) in [6, 6.07) is 23.2. The summed E-state index contributed by atoms with van der Waals surface area (Å²) < 4.78 is 1.65. The number of amides is 1. The van der Waals surface area contributed by atoms with Gasteiger partial charge in [0.25, 0.3) is 5.56 Å². The number of carbonyl (C=O) groups excluding carboxylic acids is 1. The van der Waals surface area contributed by atoms with Gasteiger partial charge in [-0.2, -0.15) is 0 Å². The fourth-order valence-electron chi connectivity index (χ4n) is 3.75. The van der Waals surface area contributed by atoms with E-state index >= 15 is 0 Å². The van der Waals surface area contributed by atoms with Crippen LogP contribution in [0.4, 0.5) is 0 Å². The number of thioether (sulfide) groups is 1. The lowest BCUT2D eigenvalue weighted by atomic mass is 10.1. The van der Waals surface area contributed by atoms with Crippen molar-refractivity contribution in [2.24, 2.45) is 0 Å². The van der Waals surface area contributed by atoms with Gasteiger partial charge in [0.1, 0.15) is 0 Å². The van der Waals surface area contributed by atoms with Crippen LogP contribution in [0, 0.1) is 13.8 Å². The number of aryl methyl sites for hydroxylation is 2. The molecule has 0 fully saturated rings. The SMILES string of the molecule is Cc1cccc(C)c1-n1c(SCC(=O)N(C)Cc2ccccc2)nc2ccccc2c1=O. The Kier molecular flexibility index (Phi) is 6.42. The second kappa shape index (κ2) is 9.40. The van der Waals surface area contributed by atoms with E-state index in [9.17, 15) is 9.59 Å². The molecule has 4 rings (SSSR count). The van der Waals surface area contributed by atoms with E-state index < -0.39 is 0 Å². The Hall–Kier alpha value is -3.38. The van der Waals surface area contributed by atoms with Crippen molar-refractivity contribution in [1.82, 2.24) is 14.5 Å². The van der Waals surface area contributed by atoms with Gasteiger partial charge in [-0.05, 0) is 42.7 Å². The summed E-state index contributed by atoms with van der Waals surface area (Å²) in [4.78, 5) is 32.8. The smallest absolute Gasteiger partial charge is 0.266 e. The molecule has 6 heteroatoms. The number of nitrogens with zero attached hydrogens (tertiary/aromatic N) is 3. The van der Waals surface area contributed by atoms with E-state index in [2.05, 4.69) is 0 Å². The first kappa shape index (κ1) is 21.8. The van der Waals surface area contributed by atoms with Crippen LogP contribution in [-0.2, 0) is 11.3 Å². The maximum atomic E-state index is 13.5. The van der Waals surface area contributed by atoms with Crippen LogP contribution in [0.25, 0.3) is 16.6 Å². The zero-order valence-electron chi connectivity index (χ0n) is 18.4. The minimum atomic E-state index is -0.124. The average molecular weight is 444 g/mol. The van der Waals surface area contributed by atoms with E-state index in [1.165, 1.54) is 11.8 Å². The van der Waals surface area contributed by atoms with Crippen molar-refractivity contribution in [3.63, 3.8) is 0 Å². The molecule has 0 saturated carbocycles. The Morgan fingerprint density at radius 2 is 1.59 bits per heavy atom. The number of benzene rings is 3. The summed E-state index contributed by atoms with van der Waals surface area (Å²) in [5.41, 5.74) is 4.37. The van der Waals surface area contributed by atoms with Crippen molar-refractivity contribution in [3.05, 3.63) is 99.8 Å². The van der Waals surface area contributed by atoms with Gasteiger partial charge in [-0.15, -0.1) is 0 Å². The molecule has 4 aromatic rings. The lowest BCUT2D eigenvalue weighted by Crippen LogP contribution is -2.28. The first-order valence-corrected chi connectivity index (χ1v) is 11.4. The van der Waals surface area contributed by atoms with Crippen molar-refractivity contribution in [2.45, 2.75) is 25.5 Å². The molecular formula is C26H25N3O2S. The zero-order valence-corrected chi connectivity index (χ0v) is 19.2. The molecule has 0 saturated heterocycles. The molecule has 162 valence electrons. The van der Waals surface area contributed by atoms with Gasteiger partial charge in [0.2, 0.25) is 5.91 Å². The van der Waals surface area contributed by atoms with Gasteiger partial charge in [0, 0.05) is 13.6 Å². The maximum absolute atomic E-state index is 13.5. The molecule has 1 aromatic heterocycles. The van der Waals surface area contributed by atoms with E-state index in [-0.39, 0.29) is 17.2 Å². The van der Waals surface area contributed by atoms with Crippen LogP contribution >= 0.6 is 11.8 Å². The number of hydrogen-bond acceptors (Lipinski definition) is 4. The molecular weight excluding hydrogens is 418 g/mol. The summed E-state index contributed by atoms with van der Waals surface area (Å²) in [5.74, 6) is 0.174. The number of aromatic nitrogens is 2. The van der Waals surface area contributed by atoms with Crippen LogP contribution in [0.15, 0.2) is 82.7 Å². The Balaban J connectivity index is 1.69. The predicted octanol–water partition coefficient (Wildman–Crippen LogP) is 4.75. The first-order chi connectivity index (χ1) is 15.5. The Morgan fingerprint density at radius 1 is 0.938 bits per heavy atom. The highest BCUT2D eigenvalue weighted by Crippen LogP contribution is 2.25.